The molecule has 1 saturated heterocycles. The van der Waals surface area contributed by atoms with E-state index < -0.39 is 0 Å². The van der Waals surface area contributed by atoms with Crippen molar-refractivity contribution in [3.8, 4) is 27.6 Å². The first kappa shape index (κ1) is 18.6. The Hall–Kier alpha value is -2.47. The maximum atomic E-state index is 5.34. The van der Waals surface area contributed by atoms with Crippen molar-refractivity contribution in [2.45, 2.75) is 38.5 Å². The molecule has 1 aliphatic heterocycles. The zero-order valence-corrected chi connectivity index (χ0v) is 17.7. The summed E-state index contributed by atoms with van der Waals surface area (Å²) in [6.07, 6.45) is 9.64. The van der Waals surface area contributed by atoms with Crippen LogP contribution < -0.4 is 9.64 Å². The van der Waals surface area contributed by atoms with Gasteiger partial charge in [0.25, 0.3) is 0 Å². The van der Waals surface area contributed by atoms with Gasteiger partial charge in [-0.3, -0.25) is 0 Å². The molecule has 5 nitrogen and oxygen atoms in total. The van der Waals surface area contributed by atoms with Crippen molar-refractivity contribution in [2.75, 3.05) is 25.1 Å². The van der Waals surface area contributed by atoms with E-state index in [0.717, 1.165) is 51.7 Å². The maximum Gasteiger partial charge on any atom is 0.198 e. The molecule has 3 heterocycles. The normalized spacial score (nSPS) is 17.5. The van der Waals surface area contributed by atoms with Crippen LogP contribution in [0.25, 0.3) is 21.8 Å². The molecule has 0 unspecified atom stereocenters. The third-order valence-electron chi connectivity index (χ3n) is 5.96. The van der Waals surface area contributed by atoms with Crippen LogP contribution in [0.15, 0.2) is 30.5 Å². The van der Waals surface area contributed by atoms with E-state index in [9.17, 15) is 0 Å². The molecular formula is C23H25N4OS. The first-order valence-electron chi connectivity index (χ1n) is 10.4. The fourth-order valence-corrected chi connectivity index (χ4v) is 5.08. The van der Waals surface area contributed by atoms with Crippen molar-refractivity contribution in [2.24, 2.45) is 5.92 Å². The van der Waals surface area contributed by atoms with Gasteiger partial charge >= 0.3 is 0 Å². The van der Waals surface area contributed by atoms with Gasteiger partial charge in [0.15, 0.2) is 11.5 Å². The van der Waals surface area contributed by atoms with Crippen molar-refractivity contribution in [3.05, 3.63) is 42.4 Å². The molecule has 1 radical (unpaired) electrons. The molecule has 3 aromatic rings. The van der Waals surface area contributed by atoms with Gasteiger partial charge in [-0.25, -0.2) is 15.0 Å². The second-order valence-electron chi connectivity index (χ2n) is 8.12. The lowest BCUT2D eigenvalue weighted by atomic mass is 10.00. The first-order chi connectivity index (χ1) is 14.2. The van der Waals surface area contributed by atoms with Gasteiger partial charge < -0.3 is 9.64 Å². The SMILES string of the molecule is COc1ccc(-c2nc(N3CCC(C)CC3)sc2-c2n[c]ncc2C2CC2)cc1. The Morgan fingerprint density at radius 3 is 2.52 bits per heavy atom. The zero-order chi connectivity index (χ0) is 19.8. The number of ether oxygens (including phenoxy) is 1. The van der Waals surface area contributed by atoms with Gasteiger partial charge in [0.2, 0.25) is 0 Å². The Kier molecular flexibility index (Phi) is 4.96. The summed E-state index contributed by atoms with van der Waals surface area (Å²) in [5.74, 6) is 2.22. The summed E-state index contributed by atoms with van der Waals surface area (Å²) in [7, 11) is 1.69. The van der Waals surface area contributed by atoms with E-state index in [1.807, 2.05) is 18.3 Å². The Balaban J connectivity index is 1.60. The van der Waals surface area contributed by atoms with E-state index in [2.05, 4.69) is 40.3 Å². The summed E-state index contributed by atoms with van der Waals surface area (Å²) in [6, 6.07) is 8.16. The van der Waals surface area contributed by atoms with E-state index in [-0.39, 0.29) is 0 Å². The summed E-state index contributed by atoms with van der Waals surface area (Å²) in [5, 5.41) is 1.10. The lowest BCUT2D eigenvalue weighted by Gasteiger charge is -2.29. The van der Waals surface area contributed by atoms with Crippen molar-refractivity contribution in [1.82, 2.24) is 15.0 Å². The van der Waals surface area contributed by atoms with Crippen LogP contribution in [0.5, 0.6) is 5.75 Å². The third kappa shape index (κ3) is 3.73. The van der Waals surface area contributed by atoms with E-state index in [4.69, 9.17) is 9.72 Å². The average molecular weight is 406 g/mol. The molecular weight excluding hydrogens is 380 g/mol. The van der Waals surface area contributed by atoms with Crippen LogP contribution in [0.1, 0.15) is 44.1 Å². The standard InChI is InChI=1S/C23H25N4OS/c1-15-9-11-27(12-10-15)23-26-20(17-5-7-18(28-2)8-6-17)22(29-23)21-19(16-3-4-16)13-24-14-25-21/h5-8,13,15-16H,3-4,9-12H2,1-2H3. The van der Waals surface area contributed by atoms with Crippen LogP contribution in [0, 0.1) is 12.2 Å². The van der Waals surface area contributed by atoms with Crippen LogP contribution in [0.2, 0.25) is 0 Å². The van der Waals surface area contributed by atoms with Crippen LogP contribution in [0.4, 0.5) is 5.13 Å². The number of hydrogen-bond donors (Lipinski definition) is 0. The van der Waals surface area contributed by atoms with Gasteiger partial charge in [0.05, 0.1) is 23.4 Å². The van der Waals surface area contributed by atoms with Gasteiger partial charge in [-0.2, -0.15) is 0 Å². The second kappa shape index (κ2) is 7.75. The molecule has 2 aromatic heterocycles. The van der Waals surface area contributed by atoms with Gasteiger partial charge in [-0.15, -0.1) is 0 Å². The van der Waals surface area contributed by atoms with E-state index in [1.165, 1.54) is 31.2 Å². The molecule has 2 aliphatic rings. The summed E-state index contributed by atoms with van der Waals surface area (Å²) < 4.78 is 5.34. The fraction of sp³-hybridized carbons (Fsp3) is 0.435. The highest BCUT2D eigenvalue weighted by molar-refractivity contribution is 7.19. The molecule has 29 heavy (non-hydrogen) atoms. The van der Waals surface area contributed by atoms with Gasteiger partial charge in [0, 0.05) is 30.4 Å². The van der Waals surface area contributed by atoms with Crippen molar-refractivity contribution in [3.63, 3.8) is 0 Å². The zero-order valence-electron chi connectivity index (χ0n) is 16.9. The van der Waals surface area contributed by atoms with Crippen LogP contribution >= 0.6 is 11.3 Å². The molecule has 0 bridgehead atoms. The highest BCUT2D eigenvalue weighted by Gasteiger charge is 2.30. The number of methoxy groups -OCH3 is 1. The fourth-order valence-electron chi connectivity index (χ4n) is 3.93. The minimum atomic E-state index is 0.574. The van der Waals surface area contributed by atoms with Crippen LogP contribution in [-0.4, -0.2) is 35.2 Å². The van der Waals surface area contributed by atoms with E-state index >= 15 is 0 Å². The number of nitrogens with zero attached hydrogens (tertiary/aromatic N) is 4. The quantitative estimate of drug-likeness (QED) is 0.585. The molecule has 6 heteroatoms. The lowest BCUT2D eigenvalue weighted by molar-refractivity contribution is 0.415. The highest BCUT2D eigenvalue weighted by atomic mass is 32.1. The van der Waals surface area contributed by atoms with Crippen LogP contribution in [-0.2, 0) is 0 Å². The first-order valence-corrected chi connectivity index (χ1v) is 11.2. The molecule has 2 fully saturated rings. The Morgan fingerprint density at radius 1 is 1.07 bits per heavy atom. The minimum absolute atomic E-state index is 0.574. The molecule has 1 saturated carbocycles. The van der Waals surface area contributed by atoms with Crippen molar-refractivity contribution >= 4 is 16.5 Å². The molecule has 0 amide bonds. The maximum absolute atomic E-state index is 5.34. The highest BCUT2D eigenvalue weighted by Crippen LogP contribution is 2.47. The number of anilines is 1. The third-order valence-corrected chi connectivity index (χ3v) is 7.09. The largest absolute Gasteiger partial charge is 0.497 e. The smallest absolute Gasteiger partial charge is 0.198 e. The number of rotatable bonds is 5. The molecule has 0 N–H and O–H groups in total. The predicted octanol–water partition coefficient (Wildman–Crippen LogP) is 5.19. The van der Waals surface area contributed by atoms with Crippen molar-refractivity contribution < 1.29 is 4.74 Å². The molecule has 1 aliphatic carbocycles. The minimum Gasteiger partial charge on any atom is -0.497 e. The summed E-state index contributed by atoms with van der Waals surface area (Å²) in [6.45, 7) is 4.48. The number of hydrogen-bond acceptors (Lipinski definition) is 6. The predicted molar refractivity (Wildman–Crippen MR) is 117 cm³/mol. The molecule has 149 valence electrons. The molecule has 5 rings (SSSR count). The van der Waals surface area contributed by atoms with Gasteiger partial charge in [-0.05, 0) is 61.8 Å². The molecule has 0 spiro atoms. The molecule has 0 atom stereocenters. The van der Waals surface area contributed by atoms with Gasteiger partial charge in [-0.1, -0.05) is 18.3 Å². The van der Waals surface area contributed by atoms with Crippen LogP contribution in [0.3, 0.4) is 0 Å². The molecule has 1 aromatic carbocycles. The summed E-state index contributed by atoms with van der Waals surface area (Å²) in [4.78, 5) is 17.4. The number of aromatic nitrogens is 3. The second-order valence-corrected chi connectivity index (χ2v) is 9.10. The Labute approximate surface area is 175 Å². The topological polar surface area (TPSA) is 51.1 Å². The average Bonchev–Trinajstić information content (AvgIpc) is 3.53. The lowest BCUT2D eigenvalue weighted by Crippen LogP contribution is -2.32. The Morgan fingerprint density at radius 2 is 1.83 bits per heavy atom. The summed E-state index contributed by atoms with van der Waals surface area (Å²) >= 11 is 1.76. The van der Waals surface area contributed by atoms with Gasteiger partial charge in [0.1, 0.15) is 5.75 Å². The van der Waals surface area contributed by atoms with E-state index in [0.29, 0.717) is 5.92 Å². The number of thiazole rings is 1. The summed E-state index contributed by atoms with van der Waals surface area (Å²) in [5.41, 5.74) is 4.33. The van der Waals surface area contributed by atoms with Crippen molar-refractivity contribution in [1.29, 1.82) is 0 Å². The Bertz CT molecular complexity index is 988. The number of benzene rings is 1. The van der Waals surface area contributed by atoms with E-state index in [1.54, 1.807) is 18.4 Å². The number of piperidine rings is 1. The monoisotopic (exact) mass is 405 g/mol.